The molecule has 4 nitrogen and oxygen atoms in total. The fourth-order valence-corrected chi connectivity index (χ4v) is 2.38. The van der Waals surface area contributed by atoms with Gasteiger partial charge in [0.2, 0.25) is 0 Å². The Labute approximate surface area is 131 Å². The molecule has 0 saturated heterocycles. The van der Waals surface area contributed by atoms with Crippen molar-refractivity contribution in [2.45, 2.75) is 20.1 Å². The van der Waals surface area contributed by atoms with Gasteiger partial charge in [-0.2, -0.15) is 0 Å². The standard InChI is InChI=1S/C14H14Cl2FNO3/c1-7-8(2)14(21-4-3-15)18(13(7)20)11-6-12(19)9(16)5-10(11)17/h5-6,14,19H,3-4H2,1-2H3/t14-/m0/s1. The Morgan fingerprint density at radius 1 is 1.43 bits per heavy atom. The second-order valence-electron chi connectivity index (χ2n) is 4.65. The van der Waals surface area contributed by atoms with Gasteiger partial charge in [-0.05, 0) is 25.5 Å². The smallest absolute Gasteiger partial charge is 0.256 e. The Morgan fingerprint density at radius 2 is 2.10 bits per heavy atom. The Kier molecular flexibility index (Phi) is 4.76. The molecule has 1 heterocycles. The zero-order valence-electron chi connectivity index (χ0n) is 11.5. The lowest BCUT2D eigenvalue weighted by molar-refractivity contribution is -0.116. The summed E-state index contributed by atoms with van der Waals surface area (Å²) >= 11 is 11.2. The van der Waals surface area contributed by atoms with E-state index in [-0.39, 0.29) is 34.9 Å². The predicted octanol–water partition coefficient (Wildman–Crippen LogP) is 3.45. The molecule has 0 aromatic heterocycles. The van der Waals surface area contributed by atoms with Gasteiger partial charge < -0.3 is 9.84 Å². The van der Waals surface area contributed by atoms with Crippen LogP contribution in [0.15, 0.2) is 23.3 Å². The first-order valence-electron chi connectivity index (χ1n) is 6.25. The molecule has 0 fully saturated rings. The number of carbonyl (C=O) groups excluding carboxylic acids is 1. The third kappa shape index (κ3) is 2.86. The summed E-state index contributed by atoms with van der Waals surface area (Å²) in [5.74, 6) is -1.15. The van der Waals surface area contributed by atoms with Crippen molar-refractivity contribution >= 4 is 34.8 Å². The molecule has 0 aliphatic carbocycles. The lowest BCUT2D eigenvalue weighted by Gasteiger charge is -2.27. The molecule has 0 spiro atoms. The predicted molar refractivity (Wildman–Crippen MR) is 79.4 cm³/mol. The number of halogens is 3. The van der Waals surface area contributed by atoms with E-state index in [1.54, 1.807) is 13.8 Å². The van der Waals surface area contributed by atoms with Crippen molar-refractivity contribution < 1.29 is 19.0 Å². The minimum absolute atomic E-state index is 0.0855. The summed E-state index contributed by atoms with van der Waals surface area (Å²) in [6.07, 6.45) is -0.744. The number of nitrogens with zero attached hydrogens (tertiary/aromatic N) is 1. The van der Waals surface area contributed by atoms with Crippen molar-refractivity contribution in [1.82, 2.24) is 0 Å². The minimum atomic E-state index is -0.744. The molecule has 2 rings (SSSR count). The Morgan fingerprint density at radius 3 is 2.71 bits per heavy atom. The molecule has 1 aromatic rings. The van der Waals surface area contributed by atoms with Crippen molar-refractivity contribution in [2.75, 3.05) is 17.4 Å². The van der Waals surface area contributed by atoms with Crippen molar-refractivity contribution in [1.29, 1.82) is 0 Å². The van der Waals surface area contributed by atoms with Crippen LogP contribution in [-0.4, -0.2) is 29.7 Å². The van der Waals surface area contributed by atoms with Crippen LogP contribution in [0.1, 0.15) is 13.8 Å². The molecule has 1 atom stereocenters. The van der Waals surface area contributed by atoms with Crippen LogP contribution < -0.4 is 4.90 Å². The Hall–Kier alpha value is -1.30. The van der Waals surface area contributed by atoms with Gasteiger partial charge >= 0.3 is 0 Å². The van der Waals surface area contributed by atoms with Crippen LogP contribution in [0, 0.1) is 5.82 Å². The van der Waals surface area contributed by atoms with Gasteiger partial charge in [0.25, 0.3) is 5.91 Å². The number of hydrogen-bond acceptors (Lipinski definition) is 3. The number of rotatable bonds is 4. The number of phenols is 1. The van der Waals surface area contributed by atoms with Crippen molar-refractivity contribution in [3.05, 3.63) is 34.1 Å². The van der Waals surface area contributed by atoms with Crippen molar-refractivity contribution in [2.24, 2.45) is 0 Å². The lowest BCUT2D eigenvalue weighted by Crippen LogP contribution is -2.38. The largest absolute Gasteiger partial charge is 0.506 e. The number of phenolic OH excluding ortho intramolecular Hbond substituents is 1. The van der Waals surface area contributed by atoms with Crippen molar-refractivity contribution in [3.63, 3.8) is 0 Å². The summed E-state index contributed by atoms with van der Waals surface area (Å²) in [7, 11) is 0. The molecule has 0 bridgehead atoms. The lowest BCUT2D eigenvalue weighted by atomic mass is 10.2. The van der Waals surface area contributed by atoms with E-state index in [2.05, 4.69) is 0 Å². The number of carbonyl (C=O) groups is 1. The molecule has 0 radical (unpaired) electrons. The maximum Gasteiger partial charge on any atom is 0.256 e. The van der Waals surface area contributed by atoms with E-state index in [0.29, 0.717) is 11.1 Å². The summed E-state index contributed by atoms with van der Waals surface area (Å²) in [6, 6.07) is 2.07. The second-order valence-corrected chi connectivity index (χ2v) is 5.44. The van der Waals surface area contributed by atoms with E-state index in [1.165, 1.54) is 0 Å². The fraction of sp³-hybridized carbons (Fsp3) is 0.357. The molecule has 1 N–H and O–H groups in total. The highest BCUT2D eigenvalue weighted by atomic mass is 35.5. The molecule has 1 aliphatic heterocycles. The molecule has 1 aromatic carbocycles. The number of ether oxygens (including phenoxy) is 1. The fourth-order valence-electron chi connectivity index (χ4n) is 2.14. The highest BCUT2D eigenvalue weighted by molar-refractivity contribution is 6.32. The first kappa shape index (κ1) is 16.1. The number of aromatic hydroxyl groups is 1. The molecule has 0 unspecified atom stereocenters. The van der Waals surface area contributed by atoms with Gasteiger partial charge in [0.15, 0.2) is 6.23 Å². The summed E-state index contributed by atoms with van der Waals surface area (Å²) in [5, 5.41) is 9.53. The van der Waals surface area contributed by atoms with Crippen molar-refractivity contribution in [3.8, 4) is 5.75 Å². The first-order chi connectivity index (χ1) is 9.88. The van der Waals surface area contributed by atoms with Crippen LogP contribution in [-0.2, 0) is 9.53 Å². The van der Waals surface area contributed by atoms with Gasteiger partial charge in [0.05, 0.1) is 17.3 Å². The maximum absolute atomic E-state index is 14.1. The van der Waals surface area contributed by atoms with Gasteiger partial charge in [0.1, 0.15) is 11.6 Å². The highest BCUT2D eigenvalue weighted by Gasteiger charge is 2.38. The maximum atomic E-state index is 14.1. The Balaban J connectivity index is 2.46. The third-order valence-electron chi connectivity index (χ3n) is 3.36. The molecule has 1 aliphatic rings. The highest BCUT2D eigenvalue weighted by Crippen LogP contribution is 2.37. The molecule has 7 heteroatoms. The quantitative estimate of drug-likeness (QED) is 0.858. The van der Waals surface area contributed by atoms with Crippen LogP contribution in [0.2, 0.25) is 5.02 Å². The molecule has 1 amide bonds. The van der Waals surface area contributed by atoms with Gasteiger partial charge in [-0.25, -0.2) is 4.39 Å². The van der Waals surface area contributed by atoms with E-state index in [0.717, 1.165) is 17.0 Å². The molecule has 0 saturated carbocycles. The van der Waals surface area contributed by atoms with Crippen LogP contribution in [0.25, 0.3) is 0 Å². The number of alkyl halides is 1. The van der Waals surface area contributed by atoms with Crippen LogP contribution in [0.3, 0.4) is 0 Å². The van der Waals surface area contributed by atoms with Crippen LogP contribution >= 0.6 is 23.2 Å². The second kappa shape index (κ2) is 6.22. The zero-order valence-corrected chi connectivity index (χ0v) is 13.0. The van der Waals surface area contributed by atoms with E-state index in [9.17, 15) is 14.3 Å². The SMILES string of the molecule is CC1=C(C)[C@H](OCCCl)N(c2cc(O)c(Cl)cc2F)C1=O. The number of anilines is 1. The topological polar surface area (TPSA) is 49.8 Å². The molecular weight excluding hydrogens is 320 g/mol. The normalized spacial score (nSPS) is 18.8. The van der Waals surface area contributed by atoms with E-state index < -0.39 is 12.0 Å². The number of benzene rings is 1. The van der Waals surface area contributed by atoms with E-state index >= 15 is 0 Å². The Bertz CT molecular complexity index is 618. The van der Waals surface area contributed by atoms with Crippen LogP contribution in [0.5, 0.6) is 5.75 Å². The average Bonchev–Trinajstić information content (AvgIpc) is 2.65. The third-order valence-corrected chi connectivity index (χ3v) is 3.82. The first-order valence-corrected chi connectivity index (χ1v) is 7.16. The van der Waals surface area contributed by atoms with Gasteiger partial charge in [-0.1, -0.05) is 11.6 Å². The number of amides is 1. The summed E-state index contributed by atoms with van der Waals surface area (Å²) in [4.78, 5) is 13.5. The molecule has 21 heavy (non-hydrogen) atoms. The summed E-state index contributed by atoms with van der Waals surface area (Å²) in [5.41, 5.74) is 1.07. The van der Waals surface area contributed by atoms with E-state index in [4.69, 9.17) is 27.9 Å². The minimum Gasteiger partial charge on any atom is -0.506 e. The zero-order chi connectivity index (χ0) is 15.7. The van der Waals surface area contributed by atoms with Gasteiger partial charge in [-0.3, -0.25) is 9.69 Å². The summed E-state index contributed by atoms with van der Waals surface area (Å²) in [6.45, 7) is 3.59. The molecule has 114 valence electrons. The van der Waals surface area contributed by atoms with Gasteiger partial charge in [-0.15, -0.1) is 11.6 Å². The summed E-state index contributed by atoms with van der Waals surface area (Å²) < 4.78 is 19.6. The monoisotopic (exact) mass is 333 g/mol. The van der Waals surface area contributed by atoms with Crippen LogP contribution in [0.4, 0.5) is 10.1 Å². The van der Waals surface area contributed by atoms with E-state index in [1.807, 2.05) is 0 Å². The van der Waals surface area contributed by atoms with Gasteiger partial charge in [0, 0.05) is 17.5 Å². The molecular formula is C14H14Cl2FNO3. The number of hydrogen-bond donors (Lipinski definition) is 1. The average molecular weight is 334 g/mol.